The summed E-state index contributed by atoms with van der Waals surface area (Å²) in [6.07, 6.45) is 0.749. The van der Waals surface area contributed by atoms with Crippen LogP contribution in [0.25, 0.3) is 0 Å². The van der Waals surface area contributed by atoms with Crippen molar-refractivity contribution in [2.24, 2.45) is 0 Å². The van der Waals surface area contributed by atoms with Crippen molar-refractivity contribution in [3.05, 3.63) is 22.4 Å². The Balaban J connectivity index is 1.85. The predicted octanol–water partition coefficient (Wildman–Crippen LogP) is 1.38. The number of thiocarbonyl (C=S) groups is 1. The summed E-state index contributed by atoms with van der Waals surface area (Å²) < 4.78 is 0. The van der Waals surface area contributed by atoms with Crippen LogP contribution in [-0.2, 0) is 4.79 Å². The second-order valence-electron chi connectivity index (χ2n) is 3.41. The maximum atomic E-state index is 11.7. The van der Waals surface area contributed by atoms with E-state index in [1.165, 1.54) is 23.1 Å². The van der Waals surface area contributed by atoms with Crippen molar-refractivity contribution >= 4 is 51.5 Å². The molecule has 0 aromatic carbocycles. The molecule has 1 aromatic rings. The second-order valence-corrected chi connectivity index (χ2v) is 5.87. The van der Waals surface area contributed by atoms with Gasteiger partial charge in [0.25, 0.3) is 5.91 Å². The lowest BCUT2D eigenvalue weighted by Crippen LogP contribution is -2.45. The molecule has 1 saturated heterocycles. The Labute approximate surface area is 112 Å². The number of carbonyl (C=O) groups is 2. The number of amides is 1. The molecule has 1 aliphatic heterocycles. The smallest absolute Gasteiger partial charge is 0.267 e. The van der Waals surface area contributed by atoms with Gasteiger partial charge in [-0.15, -0.1) is 11.3 Å². The first-order valence-electron chi connectivity index (χ1n) is 4.99. The SMILES string of the molecule is O=C(NC(=S)N[C@@H]1CCSC1=O)c1cccs1. The highest BCUT2D eigenvalue weighted by Gasteiger charge is 2.26. The molecule has 2 rings (SSSR count). The van der Waals surface area contributed by atoms with E-state index >= 15 is 0 Å². The van der Waals surface area contributed by atoms with E-state index in [2.05, 4.69) is 10.6 Å². The molecule has 1 fully saturated rings. The first-order valence-corrected chi connectivity index (χ1v) is 7.26. The predicted molar refractivity (Wildman–Crippen MR) is 73.4 cm³/mol. The summed E-state index contributed by atoms with van der Waals surface area (Å²) in [5.41, 5.74) is 0. The molecule has 0 aliphatic carbocycles. The van der Waals surface area contributed by atoms with Crippen LogP contribution in [0.1, 0.15) is 16.1 Å². The Hall–Kier alpha value is -0.920. The fraction of sp³-hybridized carbons (Fsp3) is 0.300. The molecule has 1 amide bonds. The summed E-state index contributed by atoms with van der Waals surface area (Å²) in [6.45, 7) is 0. The van der Waals surface area contributed by atoms with E-state index in [1.807, 2.05) is 5.38 Å². The topological polar surface area (TPSA) is 58.2 Å². The van der Waals surface area contributed by atoms with Crippen LogP contribution in [0.3, 0.4) is 0 Å². The molecule has 0 unspecified atom stereocenters. The van der Waals surface area contributed by atoms with Gasteiger partial charge in [-0.25, -0.2) is 0 Å². The van der Waals surface area contributed by atoms with Gasteiger partial charge < -0.3 is 5.32 Å². The number of rotatable bonds is 2. The zero-order valence-corrected chi connectivity index (χ0v) is 11.2. The molecule has 17 heavy (non-hydrogen) atoms. The van der Waals surface area contributed by atoms with Crippen molar-refractivity contribution < 1.29 is 9.59 Å². The zero-order valence-electron chi connectivity index (χ0n) is 8.76. The minimum Gasteiger partial charge on any atom is -0.352 e. The second kappa shape index (κ2) is 5.61. The molecule has 1 aliphatic rings. The summed E-state index contributed by atoms with van der Waals surface area (Å²) in [7, 11) is 0. The number of hydrogen-bond acceptors (Lipinski definition) is 5. The lowest BCUT2D eigenvalue weighted by molar-refractivity contribution is -0.111. The maximum Gasteiger partial charge on any atom is 0.267 e. The lowest BCUT2D eigenvalue weighted by atomic mass is 10.2. The number of hydrogen-bond donors (Lipinski definition) is 2. The van der Waals surface area contributed by atoms with Crippen LogP contribution in [0.2, 0.25) is 0 Å². The molecule has 0 radical (unpaired) electrons. The van der Waals surface area contributed by atoms with Crippen LogP contribution in [0.15, 0.2) is 17.5 Å². The molecule has 0 bridgehead atoms. The molecule has 0 spiro atoms. The van der Waals surface area contributed by atoms with Crippen LogP contribution < -0.4 is 10.6 Å². The van der Waals surface area contributed by atoms with Crippen LogP contribution in [0.4, 0.5) is 0 Å². The van der Waals surface area contributed by atoms with Gasteiger partial charge in [0.2, 0.25) is 5.12 Å². The average molecular weight is 286 g/mol. The van der Waals surface area contributed by atoms with E-state index in [9.17, 15) is 9.59 Å². The van der Waals surface area contributed by atoms with Crippen LogP contribution in [0, 0.1) is 0 Å². The Kier molecular flexibility index (Phi) is 4.14. The van der Waals surface area contributed by atoms with Gasteiger partial charge in [0.1, 0.15) is 0 Å². The van der Waals surface area contributed by atoms with Crippen molar-refractivity contribution in [3.8, 4) is 0 Å². The summed E-state index contributed by atoms with van der Waals surface area (Å²) in [4.78, 5) is 23.6. The Morgan fingerprint density at radius 1 is 1.53 bits per heavy atom. The molecule has 90 valence electrons. The highest BCUT2D eigenvalue weighted by atomic mass is 32.2. The standard InChI is InChI=1S/C10H10N2O2S3/c13-8(7-2-1-4-16-7)12-10(15)11-6-3-5-17-9(6)14/h1-2,4,6H,3,5H2,(H2,11,12,13,15)/t6-/m1/s1. The molecule has 1 aromatic heterocycles. The van der Waals surface area contributed by atoms with Gasteiger partial charge in [0.15, 0.2) is 5.11 Å². The summed E-state index contributed by atoms with van der Waals surface area (Å²) in [6, 6.07) is 3.25. The van der Waals surface area contributed by atoms with Crippen LogP contribution in [-0.4, -0.2) is 27.9 Å². The van der Waals surface area contributed by atoms with Crippen molar-refractivity contribution in [3.63, 3.8) is 0 Å². The van der Waals surface area contributed by atoms with Gasteiger partial charge in [-0.3, -0.25) is 14.9 Å². The van der Waals surface area contributed by atoms with E-state index in [0.29, 0.717) is 4.88 Å². The minimum absolute atomic E-state index is 0.0812. The first-order chi connectivity index (χ1) is 8.16. The zero-order chi connectivity index (χ0) is 12.3. The van der Waals surface area contributed by atoms with Gasteiger partial charge in [0, 0.05) is 5.75 Å². The third kappa shape index (κ3) is 3.27. The Morgan fingerprint density at radius 2 is 2.35 bits per heavy atom. The maximum absolute atomic E-state index is 11.7. The number of nitrogens with one attached hydrogen (secondary N) is 2. The monoisotopic (exact) mass is 286 g/mol. The van der Waals surface area contributed by atoms with Gasteiger partial charge in [-0.1, -0.05) is 17.8 Å². The quantitative estimate of drug-likeness (QED) is 0.805. The fourth-order valence-corrected chi connectivity index (χ4v) is 3.18. The molecule has 1 atom stereocenters. The number of thioether (sulfide) groups is 1. The third-order valence-corrected chi connectivity index (χ3v) is 4.31. The average Bonchev–Trinajstić information content (AvgIpc) is 2.90. The molecule has 2 N–H and O–H groups in total. The van der Waals surface area contributed by atoms with Crippen molar-refractivity contribution in [1.82, 2.24) is 10.6 Å². The molecule has 2 heterocycles. The van der Waals surface area contributed by atoms with Gasteiger partial charge in [-0.2, -0.15) is 0 Å². The number of thiophene rings is 1. The highest BCUT2D eigenvalue weighted by molar-refractivity contribution is 8.14. The molecule has 4 nitrogen and oxygen atoms in total. The summed E-state index contributed by atoms with van der Waals surface area (Å²) in [5, 5.41) is 7.53. The Morgan fingerprint density at radius 3 is 2.94 bits per heavy atom. The minimum atomic E-state index is -0.267. The molecule has 0 saturated carbocycles. The van der Waals surface area contributed by atoms with Crippen molar-refractivity contribution in [1.29, 1.82) is 0 Å². The van der Waals surface area contributed by atoms with Crippen molar-refractivity contribution in [2.45, 2.75) is 12.5 Å². The fourth-order valence-electron chi connectivity index (χ4n) is 1.39. The third-order valence-electron chi connectivity index (χ3n) is 2.21. The molecular weight excluding hydrogens is 276 g/mol. The van der Waals surface area contributed by atoms with E-state index < -0.39 is 0 Å². The van der Waals surface area contributed by atoms with E-state index in [-0.39, 0.29) is 22.2 Å². The Bertz CT molecular complexity index is 444. The highest BCUT2D eigenvalue weighted by Crippen LogP contribution is 2.19. The van der Waals surface area contributed by atoms with Gasteiger partial charge in [0.05, 0.1) is 10.9 Å². The van der Waals surface area contributed by atoms with Gasteiger partial charge >= 0.3 is 0 Å². The lowest BCUT2D eigenvalue weighted by Gasteiger charge is -2.12. The summed E-state index contributed by atoms with van der Waals surface area (Å²) in [5.74, 6) is 0.563. The molecule has 7 heteroatoms. The number of carbonyl (C=O) groups excluding carboxylic acids is 2. The van der Waals surface area contributed by atoms with E-state index in [4.69, 9.17) is 12.2 Å². The summed E-state index contributed by atoms with van der Waals surface area (Å²) >= 11 is 7.63. The van der Waals surface area contributed by atoms with Crippen LogP contribution >= 0.6 is 35.3 Å². The van der Waals surface area contributed by atoms with Crippen LogP contribution in [0.5, 0.6) is 0 Å². The first kappa shape index (κ1) is 12.5. The normalized spacial score (nSPS) is 19.1. The van der Waals surface area contributed by atoms with E-state index in [1.54, 1.807) is 12.1 Å². The van der Waals surface area contributed by atoms with Crippen molar-refractivity contribution in [2.75, 3.05) is 5.75 Å². The largest absolute Gasteiger partial charge is 0.352 e. The van der Waals surface area contributed by atoms with E-state index in [0.717, 1.165) is 12.2 Å². The van der Waals surface area contributed by atoms with Gasteiger partial charge in [-0.05, 0) is 30.1 Å². The molecular formula is C10H10N2O2S3.